The first kappa shape index (κ1) is 17.5. The number of carbonyl (C=O) groups excluding carboxylic acids is 2. The minimum Gasteiger partial charge on any atom is -0.465 e. The van der Waals surface area contributed by atoms with Crippen molar-refractivity contribution in [3.63, 3.8) is 0 Å². The summed E-state index contributed by atoms with van der Waals surface area (Å²) in [5, 5.41) is 2.97. The molecule has 0 heterocycles. The summed E-state index contributed by atoms with van der Waals surface area (Å²) >= 11 is 0. The Hall–Kier alpha value is -2.82. The van der Waals surface area contributed by atoms with E-state index in [-0.39, 0.29) is 18.0 Å². The summed E-state index contributed by atoms with van der Waals surface area (Å²) in [4.78, 5) is 25.3. The van der Waals surface area contributed by atoms with E-state index in [1.165, 1.54) is 7.11 Å². The van der Waals surface area contributed by atoms with Gasteiger partial charge in [-0.15, -0.1) is 0 Å². The second-order valence-electron chi connectivity index (χ2n) is 5.63. The third-order valence-electron chi connectivity index (χ3n) is 3.78. The molecule has 0 aromatic heterocycles. The number of hydrogen-bond acceptors (Lipinski definition) is 3. The molecule has 0 aliphatic heterocycles. The van der Waals surface area contributed by atoms with Gasteiger partial charge in [-0.1, -0.05) is 42.5 Å². The van der Waals surface area contributed by atoms with Gasteiger partial charge in [-0.05, 0) is 30.2 Å². The Balaban J connectivity index is 1.92. The van der Waals surface area contributed by atoms with Crippen molar-refractivity contribution in [2.24, 2.45) is 0 Å². The Morgan fingerprint density at radius 3 is 2.29 bits per heavy atom. The highest BCUT2D eigenvalue weighted by Crippen LogP contribution is 2.12. The highest BCUT2D eigenvalue weighted by Gasteiger charge is 2.13. The fourth-order valence-electron chi connectivity index (χ4n) is 2.33. The van der Waals surface area contributed by atoms with Gasteiger partial charge in [0.25, 0.3) is 0 Å². The van der Waals surface area contributed by atoms with Gasteiger partial charge >= 0.3 is 12.0 Å². The molecule has 0 spiro atoms. The van der Waals surface area contributed by atoms with Gasteiger partial charge in [-0.2, -0.15) is 0 Å². The lowest BCUT2D eigenvalue weighted by Gasteiger charge is -2.21. The van der Waals surface area contributed by atoms with Crippen molar-refractivity contribution in [1.82, 2.24) is 10.2 Å². The molecule has 1 N–H and O–H groups in total. The Morgan fingerprint density at radius 1 is 1.08 bits per heavy atom. The molecule has 2 rings (SSSR count). The monoisotopic (exact) mass is 326 g/mol. The molecule has 24 heavy (non-hydrogen) atoms. The SMILES string of the molecule is COC(=O)c1ccc(CN(C)C(=O)NC(C)c2ccccc2)cc1. The van der Waals surface area contributed by atoms with Gasteiger partial charge in [-0.3, -0.25) is 0 Å². The number of urea groups is 1. The van der Waals surface area contributed by atoms with Crippen LogP contribution in [-0.4, -0.2) is 31.1 Å². The van der Waals surface area contributed by atoms with E-state index in [4.69, 9.17) is 0 Å². The predicted molar refractivity (Wildman–Crippen MR) is 92.6 cm³/mol. The van der Waals surface area contributed by atoms with E-state index in [1.807, 2.05) is 49.4 Å². The van der Waals surface area contributed by atoms with Gasteiger partial charge in [0, 0.05) is 13.6 Å². The van der Waals surface area contributed by atoms with Crippen LogP contribution in [0.5, 0.6) is 0 Å². The number of nitrogens with zero attached hydrogens (tertiary/aromatic N) is 1. The molecule has 0 saturated heterocycles. The van der Waals surface area contributed by atoms with Crippen molar-refractivity contribution in [3.05, 3.63) is 71.3 Å². The van der Waals surface area contributed by atoms with E-state index < -0.39 is 0 Å². The third kappa shape index (κ3) is 4.59. The molecule has 0 fully saturated rings. The van der Waals surface area contributed by atoms with Gasteiger partial charge in [0.15, 0.2) is 0 Å². The second-order valence-corrected chi connectivity index (χ2v) is 5.63. The summed E-state index contributed by atoms with van der Waals surface area (Å²) < 4.78 is 4.67. The van der Waals surface area contributed by atoms with Crippen LogP contribution in [0.1, 0.15) is 34.5 Å². The summed E-state index contributed by atoms with van der Waals surface area (Å²) in [7, 11) is 3.09. The number of rotatable bonds is 5. The van der Waals surface area contributed by atoms with Crippen molar-refractivity contribution in [1.29, 1.82) is 0 Å². The van der Waals surface area contributed by atoms with E-state index in [9.17, 15) is 9.59 Å². The first-order valence-electron chi connectivity index (χ1n) is 7.75. The van der Waals surface area contributed by atoms with Crippen LogP contribution >= 0.6 is 0 Å². The normalized spacial score (nSPS) is 11.5. The molecule has 0 radical (unpaired) electrons. The number of benzene rings is 2. The predicted octanol–water partition coefficient (Wildman–Crippen LogP) is 3.38. The topological polar surface area (TPSA) is 58.6 Å². The first-order chi connectivity index (χ1) is 11.5. The largest absolute Gasteiger partial charge is 0.465 e. The number of esters is 1. The summed E-state index contributed by atoms with van der Waals surface area (Å²) in [6, 6.07) is 16.6. The van der Waals surface area contributed by atoms with Gasteiger partial charge in [0.2, 0.25) is 0 Å². The number of amides is 2. The molecule has 0 aliphatic rings. The molecule has 0 aliphatic carbocycles. The quantitative estimate of drug-likeness (QED) is 0.857. The number of ether oxygens (including phenoxy) is 1. The number of nitrogens with one attached hydrogen (secondary N) is 1. The van der Waals surface area contributed by atoms with Crippen LogP contribution < -0.4 is 5.32 Å². The molecule has 0 saturated carbocycles. The maximum absolute atomic E-state index is 12.3. The van der Waals surface area contributed by atoms with Crippen LogP contribution in [0.3, 0.4) is 0 Å². The van der Waals surface area contributed by atoms with Crippen molar-refractivity contribution >= 4 is 12.0 Å². The highest BCUT2D eigenvalue weighted by atomic mass is 16.5. The standard InChI is InChI=1S/C19H22N2O3/c1-14(16-7-5-4-6-8-16)20-19(23)21(2)13-15-9-11-17(12-10-15)18(22)24-3/h4-12,14H,13H2,1-3H3,(H,20,23). The summed E-state index contributed by atoms with van der Waals surface area (Å²) in [6.45, 7) is 2.40. The highest BCUT2D eigenvalue weighted by molar-refractivity contribution is 5.89. The van der Waals surface area contributed by atoms with Crippen LogP contribution in [0.4, 0.5) is 4.79 Å². The van der Waals surface area contributed by atoms with Gasteiger partial charge in [0.1, 0.15) is 0 Å². The number of hydrogen-bond donors (Lipinski definition) is 1. The van der Waals surface area contributed by atoms with Crippen LogP contribution in [0.2, 0.25) is 0 Å². The molecule has 2 amide bonds. The van der Waals surface area contributed by atoms with Gasteiger partial charge in [0.05, 0.1) is 18.7 Å². The van der Waals surface area contributed by atoms with Crippen molar-refractivity contribution in [2.75, 3.05) is 14.2 Å². The van der Waals surface area contributed by atoms with E-state index in [0.717, 1.165) is 11.1 Å². The molecule has 1 atom stereocenters. The zero-order valence-electron chi connectivity index (χ0n) is 14.2. The average Bonchev–Trinajstić information content (AvgIpc) is 2.62. The molecule has 126 valence electrons. The third-order valence-corrected chi connectivity index (χ3v) is 3.78. The average molecular weight is 326 g/mol. The van der Waals surface area contributed by atoms with Crippen LogP contribution in [0, 0.1) is 0 Å². The summed E-state index contributed by atoms with van der Waals surface area (Å²) in [6.07, 6.45) is 0. The molecule has 2 aromatic carbocycles. The van der Waals surface area contributed by atoms with E-state index >= 15 is 0 Å². The Labute approximate surface area is 142 Å². The lowest BCUT2D eigenvalue weighted by Crippen LogP contribution is -2.38. The smallest absolute Gasteiger partial charge is 0.337 e. The maximum atomic E-state index is 12.3. The Morgan fingerprint density at radius 2 is 1.71 bits per heavy atom. The van der Waals surface area contributed by atoms with E-state index in [2.05, 4.69) is 10.1 Å². The van der Waals surface area contributed by atoms with Gasteiger partial charge in [-0.25, -0.2) is 9.59 Å². The molecule has 1 unspecified atom stereocenters. The molecule has 0 bridgehead atoms. The van der Waals surface area contributed by atoms with Crippen molar-refractivity contribution < 1.29 is 14.3 Å². The first-order valence-corrected chi connectivity index (χ1v) is 7.75. The summed E-state index contributed by atoms with van der Waals surface area (Å²) in [5.41, 5.74) is 2.49. The van der Waals surface area contributed by atoms with E-state index in [0.29, 0.717) is 12.1 Å². The molecule has 5 nitrogen and oxygen atoms in total. The molecule has 5 heteroatoms. The molecular formula is C19H22N2O3. The van der Waals surface area contributed by atoms with Crippen LogP contribution in [-0.2, 0) is 11.3 Å². The van der Waals surface area contributed by atoms with Gasteiger partial charge < -0.3 is 15.0 Å². The maximum Gasteiger partial charge on any atom is 0.337 e. The molecule has 2 aromatic rings. The van der Waals surface area contributed by atoms with Crippen molar-refractivity contribution in [2.45, 2.75) is 19.5 Å². The second kappa shape index (κ2) is 8.15. The fraction of sp³-hybridized carbons (Fsp3) is 0.263. The van der Waals surface area contributed by atoms with Crippen LogP contribution in [0.15, 0.2) is 54.6 Å². The molecular weight excluding hydrogens is 304 g/mol. The zero-order chi connectivity index (χ0) is 17.5. The lowest BCUT2D eigenvalue weighted by atomic mass is 10.1. The number of methoxy groups -OCH3 is 1. The fourth-order valence-corrected chi connectivity index (χ4v) is 2.33. The van der Waals surface area contributed by atoms with E-state index in [1.54, 1.807) is 24.1 Å². The van der Waals surface area contributed by atoms with Crippen molar-refractivity contribution in [3.8, 4) is 0 Å². The minimum atomic E-state index is -0.371. The lowest BCUT2D eigenvalue weighted by molar-refractivity contribution is 0.0600. The Bertz CT molecular complexity index is 684. The number of carbonyl (C=O) groups is 2. The Kier molecular flexibility index (Phi) is 5.95. The van der Waals surface area contributed by atoms with Crippen LogP contribution in [0.25, 0.3) is 0 Å². The summed E-state index contributed by atoms with van der Waals surface area (Å²) in [5.74, 6) is -0.371. The minimum absolute atomic E-state index is 0.0668. The zero-order valence-corrected chi connectivity index (χ0v) is 14.2.